The van der Waals surface area contributed by atoms with Crippen LogP contribution >= 0.6 is 0 Å². The number of nitrogens with zero attached hydrogens (tertiary/aromatic N) is 3. The third-order valence-corrected chi connectivity index (χ3v) is 2.59. The topological polar surface area (TPSA) is 65.4 Å². The normalized spacial score (nSPS) is 11.1. The van der Waals surface area contributed by atoms with E-state index in [2.05, 4.69) is 10.1 Å². The average Bonchev–Trinajstić information content (AvgIpc) is 2.76. The second kappa shape index (κ2) is 6.70. The van der Waals surface area contributed by atoms with Gasteiger partial charge in [0.25, 0.3) is 0 Å². The van der Waals surface area contributed by atoms with Gasteiger partial charge in [-0.3, -0.25) is 4.39 Å². The van der Waals surface area contributed by atoms with Crippen molar-refractivity contribution in [1.82, 2.24) is 9.66 Å². The van der Waals surface area contributed by atoms with Gasteiger partial charge in [0.1, 0.15) is 5.75 Å². The number of anilines is 1. The molecule has 6 heteroatoms. The molecule has 106 valence electrons. The lowest BCUT2D eigenvalue weighted by atomic mass is 10.2. The predicted octanol–water partition coefficient (Wildman–Crippen LogP) is 2.39. The molecule has 0 saturated carbocycles. The maximum Gasteiger partial charge on any atom is 0.221 e. The zero-order valence-electron chi connectivity index (χ0n) is 11.3. The second-order valence-electron chi connectivity index (χ2n) is 4.29. The first kappa shape index (κ1) is 14.0. The van der Waals surface area contributed by atoms with Crippen molar-refractivity contribution in [3.63, 3.8) is 0 Å². The van der Waals surface area contributed by atoms with Crippen LogP contribution in [0.25, 0.3) is 0 Å². The molecule has 2 N–H and O–H groups in total. The van der Waals surface area contributed by atoms with E-state index in [1.54, 1.807) is 12.4 Å². The fourth-order valence-electron chi connectivity index (χ4n) is 1.62. The summed E-state index contributed by atoms with van der Waals surface area (Å²) < 4.78 is 18.8. The van der Waals surface area contributed by atoms with E-state index in [9.17, 15) is 4.39 Å². The Hall–Kier alpha value is -2.37. The van der Waals surface area contributed by atoms with Crippen molar-refractivity contribution in [2.45, 2.75) is 13.3 Å². The quantitative estimate of drug-likeness (QED) is 0.650. The first-order chi connectivity index (χ1) is 9.69. The maximum absolute atomic E-state index is 11.9. The number of nitrogen functional groups attached to an aromatic ring is 1. The van der Waals surface area contributed by atoms with Crippen molar-refractivity contribution in [3.8, 4) is 5.75 Å². The minimum absolute atomic E-state index is 0.352. The highest BCUT2D eigenvalue weighted by Crippen LogP contribution is 2.12. The number of ether oxygens (including phenoxy) is 1. The van der Waals surface area contributed by atoms with Crippen LogP contribution in [0, 0.1) is 6.92 Å². The molecular formula is C14H17FN4O. The standard InChI is InChI=1S/C14H17FN4O/c1-11-10-19(14(16)18-11)17-9-12-3-5-13(6-4-12)20-8-2-7-15/h3-6,9-10H,2,7-8H2,1H3,(H2,16,18). The molecule has 0 saturated heterocycles. The SMILES string of the molecule is Cc1cn(N=Cc2ccc(OCCCF)cc2)c(N)n1. The van der Waals surface area contributed by atoms with Gasteiger partial charge in [0.2, 0.25) is 5.95 Å². The summed E-state index contributed by atoms with van der Waals surface area (Å²) in [6.45, 7) is 1.87. The van der Waals surface area contributed by atoms with E-state index in [0.717, 1.165) is 11.3 Å². The first-order valence-electron chi connectivity index (χ1n) is 6.33. The largest absolute Gasteiger partial charge is 0.493 e. The van der Waals surface area contributed by atoms with Gasteiger partial charge in [0.05, 0.1) is 31.4 Å². The molecule has 0 unspecified atom stereocenters. The molecule has 0 atom stereocenters. The number of aromatic nitrogens is 2. The van der Waals surface area contributed by atoms with Gasteiger partial charge in [0, 0.05) is 6.42 Å². The van der Waals surface area contributed by atoms with E-state index >= 15 is 0 Å². The number of aryl methyl sites for hydroxylation is 1. The zero-order valence-corrected chi connectivity index (χ0v) is 11.3. The molecule has 1 aromatic carbocycles. The minimum Gasteiger partial charge on any atom is -0.493 e. The van der Waals surface area contributed by atoms with Crippen LogP contribution in [0.3, 0.4) is 0 Å². The van der Waals surface area contributed by atoms with E-state index in [4.69, 9.17) is 10.5 Å². The minimum atomic E-state index is -0.365. The highest BCUT2D eigenvalue weighted by molar-refractivity contribution is 5.79. The van der Waals surface area contributed by atoms with Crippen molar-refractivity contribution >= 4 is 12.2 Å². The molecule has 0 aliphatic heterocycles. The molecular weight excluding hydrogens is 259 g/mol. The molecule has 0 radical (unpaired) electrons. The summed E-state index contributed by atoms with van der Waals surface area (Å²) in [5.74, 6) is 1.07. The fourth-order valence-corrected chi connectivity index (χ4v) is 1.62. The fraction of sp³-hybridized carbons (Fsp3) is 0.286. The number of imidazole rings is 1. The number of nitrogens with two attached hydrogens (primary N) is 1. The van der Waals surface area contributed by atoms with Crippen LogP contribution < -0.4 is 10.5 Å². The van der Waals surface area contributed by atoms with E-state index in [1.807, 2.05) is 31.2 Å². The molecule has 5 nitrogen and oxygen atoms in total. The molecule has 2 aromatic rings. The lowest BCUT2D eigenvalue weighted by Crippen LogP contribution is -1.98. The van der Waals surface area contributed by atoms with Crippen molar-refractivity contribution in [1.29, 1.82) is 0 Å². The molecule has 1 aromatic heterocycles. The molecule has 2 rings (SSSR count). The van der Waals surface area contributed by atoms with Crippen molar-refractivity contribution in [3.05, 3.63) is 41.7 Å². The molecule has 0 fully saturated rings. The van der Waals surface area contributed by atoms with Gasteiger partial charge < -0.3 is 10.5 Å². The molecule has 0 spiro atoms. The maximum atomic E-state index is 11.9. The summed E-state index contributed by atoms with van der Waals surface area (Å²) in [7, 11) is 0. The third-order valence-electron chi connectivity index (χ3n) is 2.59. The summed E-state index contributed by atoms with van der Waals surface area (Å²) in [5.41, 5.74) is 7.41. The Kier molecular flexibility index (Phi) is 4.70. The Morgan fingerprint density at radius 3 is 2.75 bits per heavy atom. The Labute approximate surface area is 116 Å². The van der Waals surface area contributed by atoms with Crippen LogP contribution in [0.2, 0.25) is 0 Å². The Bertz CT molecular complexity index is 577. The van der Waals surface area contributed by atoms with Gasteiger partial charge in [-0.15, -0.1) is 0 Å². The summed E-state index contributed by atoms with van der Waals surface area (Å²) in [6, 6.07) is 7.38. The van der Waals surface area contributed by atoms with Crippen LogP contribution in [0.4, 0.5) is 10.3 Å². The number of alkyl halides is 1. The van der Waals surface area contributed by atoms with E-state index in [1.165, 1.54) is 4.68 Å². The van der Waals surface area contributed by atoms with Crippen molar-refractivity contribution < 1.29 is 9.13 Å². The summed E-state index contributed by atoms with van der Waals surface area (Å²) >= 11 is 0. The molecule has 0 aliphatic rings. The third kappa shape index (κ3) is 3.81. The highest BCUT2D eigenvalue weighted by Gasteiger charge is 1.98. The summed E-state index contributed by atoms with van der Waals surface area (Å²) in [5, 5.41) is 4.22. The van der Waals surface area contributed by atoms with Crippen LogP contribution in [-0.2, 0) is 0 Å². The Balaban J connectivity index is 1.98. The second-order valence-corrected chi connectivity index (χ2v) is 4.29. The predicted molar refractivity (Wildman–Crippen MR) is 76.9 cm³/mol. The first-order valence-corrected chi connectivity index (χ1v) is 6.33. The van der Waals surface area contributed by atoms with Crippen LogP contribution in [0.5, 0.6) is 5.75 Å². The van der Waals surface area contributed by atoms with E-state index in [0.29, 0.717) is 24.7 Å². The smallest absolute Gasteiger partial charge is 0.221 e. The lowest BCUT2D eigenvalue weighted by Gasteiger charge is -2.04. The number of hydrogen-bond donors (Lipinski definition) is 1. The van der Waals surface area contributed by atoms with Crippen LogP contribution in [0.1, 0.15) is 17.7 Å². The highest BCUT2D eigenvalue weighted by atomic mass is 19.1. The zero-order chi connectivity index (χ0) is 14.4. The molecule has 0 bridgehead atoms. The molecule has 0 amide bonds. The Morgan fingerprint density at radius 1 is 1.40 bits per heavy atom. The molecule has 20 heavy (non-hydrogen) atoms. The van der Waals surface area contributed by atoms with Crippen molar-refractivity contribution in [2.75, 3.05) is 19.0 Å². The number of halogens is 1. The van der Waals surface area contributed by atoms with Gasteiger partial charge in [0.15, 0.2) is 0 Å². The van der Waals surface area contributed by atoms with E-state index < -0.39 is 0 Å². The van der Waals surface area contributed by atoms with Gasteiger partial charge in [-0.1, -0.05) is 0 Å². The Morgan fingerprint density at radius 2 is 2.15 bits per heavy atom. The average molecular weight is 276 g/mol. The van der Waals surface area contributed by atoms with Crippen molar-refractivity contribution in [2.24, 2.45) is 5.10 Å². The van der Waals surface area contributed by atoms with Gasteiger partial charge in [-0.2, -0.15) is 5.10 Å². The van der Waals surface area contributed by atoms with Crippen LogP contribution in [0.15, 0.2) is 35.6 Å². The molecule has 0 aliphatic carbocycles. The number of benzene rings is 1. The molecule has 1 heterocycles. The monoisotopic (exact) mass is 276 g/mol. The summed E-state index contributed by atoms with van der Waals surface area (Å²) in [6.07, 6.45) is 3.84. The number of rotatable bonds is 6. The lowest BCUT2D eigenvalue weighted by molar-refractivity contribution is 0.289. The number of hydrogen-bond acceptors (Lipinski definition) is 4. The van der Waals surface area contributed by atoms with Gasteiger partial charge >= 0.3 is 0 Å². The van der Waals surface area contributed by atoms with Gasteiger partial charge in [-0.05, 0) is 36.8 Å². The van der Waals surface area contributed by atoms with Gasteiger partial charge in [-0.25, -0.2) is 9.66 Å². The summed E-state index contributed by atoms with van der Waals surface area (Å²) in [4.78, 5) is 4.06. The van der Waals surface area contributed by atoms with E-state index in [-0.39, 0.29) is 6.67 Å². The van der Waals surface area contributed by atoms with Crippen LogP contribution in [-0.4, -0.2) is 29.2 Å².